The lowest BCUT2D eigenvalue weighted by Gasteiger charge is -2.25. The molecule has 0 saturated heterocycles. The second kappa shape index (κ2) is 3.12. The number of hydrogen-bond donors (Lipinski definition) is 1. The molecule has 0 aromatic carbocycles. The largest absolute Gasteiger partial charge is 0.406 e. The Hall–Kier alpha value is -0.250. The van der Waals surface area contributed by atoms with Gasteiger partial charge in [0, 0.05) is 6.04 Å². The van der Waals surface area contributed by atoms with Gasteiger partial charge in [0.25, 0.3) is 0 Å². The van der Waals surface area contributed by atoms with E-state index in [0.29, 0.717) is 5.92 Å². The van der Waals surface area contributed by atoms with Gasteiger partial charge in [-0.05, 0) is 32.1 Å². The van der Waals surface area contributed by atoms with Gasteiger partial charge in [0.1, 0.15) is 5.54 Å². The molecule has 0 amide bonds. The Labute approximate surface area is 82.1 Å². The highest BCUT2D eigenvalue weighted by atomic mass is 19.4. The lowest BCUT2D eigenvalue weighted by Crippen LogP contribution is -2.48. The maximum Gasteiger partial charge on any atom is 0.406 e. The van der Waals surface area contributed by atoms with Crippen LogP contribution in [0.4, 0.5) is 13.2 Å². The fourth-order valence-corrected chi connectivity index (χ4v) is 2.02. The van der Waals surface area contributed by atoms with Gasteiger partial charge in [0.2, 0.25) is 0 Å². The number of nitrogens with one attached hydrogen (secondary N) is 1. The van der Waals surface area contributed by atoms with Crippen molar-refractivity contribution >= 4 is 0 Å². The van der Waals surface area contributed by atoms with Gasteiger partial charge >= 0.3 is 6.18 Å². The molecule has 2 rings (SSSR count). The highest BCUT2D eigenvalue weighted by Crippen LogP contribution is 2.49. The van der Waals surface area contributed by atoms with Crippen LogP contribution in [0.2, 0.25) is 0 Å². The fraction of sp³-hybridized carbons (Fsp3) is 1.00. The Morgan fingerprint density at radius 1 is 1.36 bits per heavy atom. The molecule has 2 fully saturated rings. The Balaban J connectivity index is 1.83. The van der Waals surface area contributed by atoms with Gasteiger partial charge in [-0.3, -0.25) is 0 Å². The summed E-state index contributed by atoms with van der Waals surface area (Å²) in [6, 6.07) is 0.00613. The van der Waals surface area contributed by atoms with Gasteiger partial charge in [-0.2, -0.15) is 13.2 Å². The average molecular weight is 207 g/mol. The molecule has 2 aliphatic carbocycles. The van der Waals surface area contributed by atoms with Crippen molar-refractivity contribution in [2.45, 2.75) is 56.8 Å². The molecular weight excluding hydrogens is 191 g/mol. The minimum atomic E-state index is -4.06. The highest BCUT2D eigenvalue weighted by molar-refractivity contribution is 5.09. The third-order valence-corrected chi connectivity index (χ3v) is 3.20. The highest BCUT2D eigenvalue weighted by Gasteiger charge is 2.63. The fourth-order valence-electron chi connectivity index (χ4n) is 2.02. The molecule has 0 aromatic heterocycles. The lowest BCUT2D eigenvalue weighted by molar-refractivity contribution is -0.167. The van der Waals surface area contributed by atoms with Crippen LogP contribution >= 0.6 is 0 Å². The van der Waals surface area contributed by atoms with E-state index in [9.17, 15) is 13.2 Å². The average Bonchev–Trinajstić information content (AvgIpc) is 2.80. The van der Waals surface area contributed by atoms with E-state index in [1.165, 1.54) is 12.8 Å². The molecule has 82 valence electrons. The maximum absolute atomic E-state index is 12.5. The summed E-state index contributed by atoms with van der Waals surface area (Å²) < 4.78 is 37.6. The monoisotopic (exact) mass is 207 g/mol. The van der Waals surface area contributed by atoms with Gasteiger partial charge < -0.3 is 5.32 Å². The second-order valence-corrected chi connectivity index (χ2v) is 4.80. The summed E-state index contributed by atoms with van der Waals surface area (Å²) in [7, 11) is 0. The molecule has 2 aliphatic rings. The summed E-state index contributed by atoms with van der Waals surface area (Å²) in [6.07, 6.45) is -0.254. The van der Waals surface area contributed by atoms with Crippen LogP contribution in [0.15, 0.2) is 0 Å². The third-order valence-electron chi connectivity index (χ3n) is 3.20. The standard InChI is InChI=1S/C10H16F3N/c1-7(6-8-2-3-8)14-9(4-5-9)10(11,12)13/h7-8,14H,2-6H2,1H3. The Kier molecular flexibility index (Phi) is 2.29. The summed E-state index contributed by atoms with van der Waals surface area (Å²) in [5, 5.41) is 2.75. The van der Waals surface area contributed by atoms with Crippen LogP contribution in [0.3, 0.4) is 0 Å². The second-order valence-electron chi connectivity index (χ2n) is 4.80. The van der Waals surface area contributed by atoms with E-state index in [1.807, 2.05) is 6.92 Å². The Morgan fingerprint density at radius 3 is 2.29 bits per heavy atom. The number of rotatable bonds is 4. The predicted molar refractivity (Wildman–Crippen MR) is 48.0 cm³/mol. The molecule has 0 heterocycles. The van der Waals surface area contributed by atoms with Crippen molar-refractivity contribution in [3.8, 4) is 0 Å². The summed E-state index contributed by atoms with van der Waals surface area (Å²) in [5.41, 5.74) is -1.53. The Morgan fingerprint density at radius 2 is 1.93 bits per heavy atom. The van der Waals surface area contributed by atoms with Crippen molar-refractivity contribution < 1.29 is 13.2 Å². The van der Waals surface area contributed by atoms with Crippen molar-refractivity contribution in [2.75, 3.05) is 0 Å². The third kappa shape index (κ3) is 2.05. The SMILES string of the molecule is CC(CC1CC1)NC1(C(F)(F)F)CC1. The molecule has 1 atom stereocenters. The van der Waals surface area contributed by atoms with Crippen molar-refractivity contribution in [3.05, 3.63) is 0 Å². The molecule has 0 aromatic rings. The van der Waals surface area contributed by atoms with Gasteiger partial charge in [0.05, 0.1) is 0 Å². The zero-order valence-corrected chi connectivity index (χ0v) is 8.32. The summed E-state index contributed by atoms with van der Waals surface area (Å²) in [4.78, 5) is 0. The van der Waals surface area contributed by atoms with Gasteiger partial charge in [0.15, 0.2) is 0 Å². The summed E-state index contributed by atoms with van der Waals surface area (Å²) >= 11 is 0. The molecular formula is C10H16F3N. The molecule has 4 heteroatoms. The zero-order valence-electron chi connectivity index (χ0n) is 8.32. The normalized spacial score (nSPS) is 27.4. The van der Waals surface area contributed by atoms with Crippen LogP contribution in [0.25, 0.3) is 0 Å². The van der Waals surface area contributed by atoms with E-state index < -0.39 is 11.7 Å². The van der Waals surface area contributed by atoms with Gasteiger partial charge in [-0.1, -0.05) is 12.8 Å². The molecule has 14 heavy (non-hydrogen) atoms. The van der Waals surface area contributed by atoms with Crippen LogP contribution < -0.4 is 5.32 Å². The smallest absolute Gasteiger partial charge is 0.301 e. The minimum Gasteiger partial charge on any atom is -0.301 e. The van der Waals surface area contributed by atoms with E-state index in [2.05, 4.69) is 5.32 Å². The topological polar surface area (TPSA) is 12.0 Å². The van der Waals surface area contributed by atoms with E-state index in [4.69, 9.17) is 0 Å². The molecule has 1 N–H and O–H groups in total. The molecule has 0 radical (unpaired) electrons. The van der Waals surface area contributed by atoms with Crippen molar-refractivity contribution in [3.63, 3.8) is 0 Å². The minimum absolute atomic E-state index is 0.00613. The predicted octanol–water partition coefficient (Wildman–Crippen LogP) is 2.86. The van der Waals surface area contributed by atoms with Crippen molar-refractivity contribution in [2.24, 2.45) is 5.92 Å². The molecule has 0 aliphatic heterocycles. The first kappa shape index (κ1) is 10.3. The molecule has 0 bridgehead atoms. The van der Waals surface area contributed by atoms with Crippen LogP contribution in [-0.4, -0.2) is 17.8 Å². The lowest BCUT2D eigenvalue weighted by atomic mass is 10.1. The van der Waals surface area contributed by atoms with E-state index >= 15 is 0 Å². The first-order valence-corrected chi connectivity index (χ1v) is 5.27. The van der Waals surface area contributed by atoms with Crippen molar-refractivity contribution in [1.82, 2.24) is 5.32 Å². The molecule has 2 saturated carbocycles. The van der Waals surface area contributed by atoms with Crippen LogP contribution in [0.5, 0.6) is 0 Å². The Bertz CT molecular complexity index is 216. The van der Waals surface area contributed by atoms with E-state index in [1.54, 1.807) is 0 Å². The number of alkyl halides is 3. The van der Waals surface area contributed by atoms with Crippen molar-refractivity contribution in [1.29, 1.82) is 0 Å². The first-order chi connectivity index (χ1) is 6.43. The van der Waals surface area contributed by atoms with Gasteiger partial charge in [-0.15, -0.1) is 0 Å². The molecule has 0 spiro atoms. The quantitative estimate of drug-likeness (QED) is 0.747. The molecule has 1 unspecified atom stereocenters. The zero-order chi connectivity index (χ0) is 10.4. The first-order valence-electron chi connectivity index (χ1n) is 5.27. The van der Waals surface area contributed by atoms with Crippen LogP contribution in [0.1, 0.15) is 39.0 Å². The number of hydrogen-bond acceptors (Lipinski definition) is 1. The maximum atomic E-state index is 12.5. The molecule has 1 nitrogen and oxygen atoms in total. The summed E-state index contributed by atoms with van der Waals surface area (Å²) in [5.74, 6) is 0.682. The summed E-state index contributed by atoms with van der Waals surface area (Å²) in [6.45, 7) is 1.87. The van der Waals surface area contributed by atoms with E-state index in [0.717, 1.165) is 6.42 Å². The van der Waals surface area contributed by atoms with Crippen LogP contribution in [0, 0.1) is 5.92 Å². The van der Waals surface area contributed by atoms with Crippen LogP contribution in [-0.2, 0) is 0 Å². The van der Waals surface area contributed by atoms with Gasteiger partial charge in [-0.25, -0.2) is 0 Å². The van der Waals surface area contributed by atoms with E-state index in [-0.39, 0.29) is 18.9 Å². The number of halogens is 3.